The van der Waals surface area contributed by atoms with Gasteiger partial charge in [0.05, 0.1) is 0 Å². The Hall–Kier alpha value is -1.34. The van der Waals surface area contributed by atoms with Gasteiger partial charge in [-0.3, -0.25) is 0 Å². The van der Waals surface area contributed by atoms with Gasteiger partial charge >= 0.3 is 0 Å². The van der Waals surface area contributed by atoms with Crippen molar-refractivity contribution in [3.05, 3.63) is 48.0 Å². The van der Waals surface area contributed by atoms with Crippen LogP contribution < -0.4 is 5.73 Å². The van der Waals surface area contributed by atoms with Crippen LogP contribution in [0.2, 0.25) is 0 Å². The van der Waals surface area contributed by atoms with Gasteiger partial charge in [-0.15, -0.1) is 0 Å². The van der Waals surface area contributed by atoms with Crippen molar-refractivity contribution in [2.75, 3.05) is 0 Å². The van der Waals surface area contributed by atoms with Gasteiger partial charge in [-0.05, 0) is 47.6 Å². The van der Waals surface area contributed by atoms with Gasteiger partial charge in [0.1, 0.15) is 0 Å². The van der Waals surface area contributed by atoms with Crippen LogP contribution in [0.25, 0.3) is 10.8 Å². The molecule has 0 aliphatic heterocycles. The number of benzene rings is 2. The SMILES string of the molecule is CC1CCCC(N)(c2ccc3ccccc3c2)CC1. The molecular weight excluding hydrogens is 230 g/mol. The number of nitrogens with two attached hydrogens (primary N) is 1. The maximum absolute atomic E-state index is 6.73. The predicted molar refractivity (Wildman–Crippen MR) is 82.1 cm³/mol. The highest BCUT2D eigenvalue weighted by Crippen LogP contribution is 2.36. The van der Waals surface area contributed by atoms with E-state index in [1.54, 1.807) is 0 Å². The van der Waals surface area contributed by atoms with Gasteiger partial charge in [0, 0.05) is 5.54 Å². The molecule has 19 heavy (non-hydrogen) atoms. The van der Waals surface area contributed by atoms with E-state index < -0.39 is 0 Å². The van der Waals surface area contributed by atoms with Crippen molar-refractivity contribution in [3.63, 3.8) is 0 Å². The smallest absolute Gasteiger partial charge is 0.0409 e. The topological polar surface area (TPSA) is 26.0 Å². The molecule has 0 heterocycles. The van der Waals surface area contributed by atoms with Crippen molar-refractivity contribution in [3.8, 4) is 0 Å². The monoisotopic (exact) mass is 253 g/mol. The lowest BCUT2D eigenvalue weighted by Crippen LogP contribution is -2.36. The summed E-state index contributed by atoms with van der Waals surface area (Å²) in [6.07, 6.45) is 6.07. The van der Waals surface area contributed by atoms with Gasteiger partial charge < -0.3 is 5.73 Å². The summed E-state index contributed by atoms with van der Waals surface area (Å²) >= 11 is 0. The second-order valence-electron chi connectivity index (χ2n) is 6.25. The van der Waals surface area contributed by atoms with Gasteiger partial charge in [-0.2, -0.15) is 0 Å². The van der Waals surface area contributed by atoms with Crippen LogP contribution in [-0.4, -0.2) is 0 Å². The van der Waals surface area contributed by atoms with Crippen molar-refractivity contribution in [2.24, 2.45) is 11.7 Å². The number of rotatable bonds is 1. The van der Waals surface area contributed by atoms with E-state index in [9.17, 15) is 0 Å². The van der Waals surface area contributed by atoms with Crippen molar-refractivity contribution >= 4 is 10.8 Å². The molecule has 1 aliphatic rings. The second kappa shape index (κ2) is 4.97. The number of fused-ring (bicyclic) bond motifs is 1. The van der Waals surface area contributed by atoms with Crippen LogP contribution in [-0.2, 0) is 5.54 Å². The Kier molecular flexibility index (Phi) is 3.32. The molecule has 2 atom stereocenters. The van der Waals surface area contributed by atoms with Crippen LogP contribution in [0.3, 0.4) is 0 Å². The molecule has 0 amide bonds. The maximum Gasteiger partial charge on any atom is 0.0409 e. The molecule has 2 unspecified atom stereocenters. The zero-order valence-corrected chi connectivity index (χ0v) is 11.7. The quantitative estimate of drug-likeness (QED) is 0.739. The third kappa shape index (κ3) is 2.52. The highest BCUT2D eigenvalue weighted by molar-refractivity contribution is 5.83. The van der Waals surface area contributed by atoms with E-state index in [0.29, 0.717) is 0 Å². The van der Waals surface area contributed by atoms with Crippen LogP contribution in [0.5, 0.6) is 0 Å². The van der Waals surface area contributed by atoms with Crippen molar-refractivity contribution in [2.45, 2.75) is 44.6 Å². The molecule has 3 rings (SSSR count). The lowest BCUT2D eigenvalue weighted by molar-refractivity contribution is 0.378. The molecule has 0 aromatic heterocycles. The van der Waals surface area contributed by atoms with Crippen molar-refractivity contribution < 1.29 is 0 Å². The Bertz CT molecular complexity index is 575. The van der Waals surface area contributed by atoms with Gasteiger partial charge in [-0.25, -0.2) is 0 Å². The minimum absolute atomic E-state index is 0.116. The fourth-order valence-electron chi connectivity index (χ4n) is 3.33. The summed E-state index contributed by atoms with van der Waals surface area (Å²) in [7, 11) is 0. The molecule has 0 radical (unpaired) electrons. The molecule has 1 heteroatoms. The first kappa shape index (κ1) is 12.7. The zero-order valence-electron chi connectivity index (χ0n) is 11.7. The standard InChI is InChI=1S/C18H23N/c1-14-5-4-11-18(19,12-10-14)17-9-8-15-6-2-3-7-16(15)13-17/h2-3,6-9,13-14H,4-5,10-12,19H2,1H3. The van der Waals surface area contributed by atoms with Crippen LogP contribution in [0.4, 0.5) is 0 Å². The van der Waals surface area contributed by atoms with E-state index in [1.807, 2.05) is 0 Å². The summed E-state index contributed by atoms with van der Waals surface area (Å²) in [5, 5.41) is 2.61. The van der Waals surface area contributed by atoms with E-state index in [-0.39, 0.29) is 5.54 Å². The molecule has 1 nitrogen and oxygen atoms in total. The third-order valence-corrected chi connectivity index (χ3v) is 4.73. The molecule has 0 saturated heterocycles. The molecule has 2 aromatic carbocycles. The third-order valence-electron chi connectivity index (χ3n) is 4.73. The van der Waals surface area contributed by atoms with Gasteiger partial charge in [0.2, 0.25) is 0 Å². The zero-order chi connectivity index (χ0) is 13.3. The lowest BCUT2D eigenvalue weighted by Gasteiger charge is -2.29. The summed E-state index contributed by atoms with van der Waals surface area (Å²) in [5.41, 5.74) is 7.94. The fraction of sp³-hybridized carbons (Fsp3) is 0.444. The highest BCUT2D eigenvalue weighted by Gasteiger charge is 2.29. The van der Waals surface area contributed by atoms with E-state index >= 15 is 0 Å². The van der Waals surface area contributed by atoms with Gasteiger partial charge in [0.15, 0.2) is 0 Å². The Morgan fingerprint density at radius 3 is 2.63 bits per heavy atom. The predicted octanol–water partition coefficient (Wildman–Crippen LogP) is 4.59. The Labute approximate surface area is 115 Å². The molecule has 1 fully saturated rings. The molecule has 100 valence electrons. The first-order chi connectivity index (χ1) is 9.17. The molecular formula is C18H23N. The second-order valence-corrected chi connectivity index (χ2v) is 6.25. The fourth-order valence-corrected chi connectivity index (χ4v) is 3.33. The maximum atomic E-state index is 6.73. The molecule has 1 aliphatic carbocycles. The molecule has 0 bridgehead atoms. The average Bonchev–Trinajstić information content (AvgIpc) is 2.61. The van der Waals surface area contributed by atoms with E-state index in [1.165, 1.54) is 35.6 Å². The van der Waals surface area contributed by atoms with Crippen LogP contribution in [0.15, 0.2) is 42.5 Å². The minimum Gasteiger partial charge on any atom is -0.321 e. The Balaban J connectivity index is 1.97. The summed E-state index contributed by atoms with van der Waals surface area (Å²) in [4.78, 5) is 0. The van der Waals surface area contributed by atoms with E-state index in [2.05, 4.69) is 49.4 Å². The normalized spacial score (nSPS) is 28.2. The largest absolute Gasteiger partial charge is 0.321 e. The first-order valence-corrected chi connectivity index (χ1v) is 7.46. The van der Waals surface area contributed by atoms with Gasteiger partial charge in [-0.1, -0.05) is 56.2 Å². The summed E-state index contributed by atoms with van der Waals surface area (Å²) in [6.45, 7) is 2.35. The number of hydrogen-bond donors (Lipinski definition) is 1. The number of hydrogen-bond acceptors (Lipinski definition) is 1. The van der Waals surface area contributed by atoms with E-state index in [4.69, 9.17) is 5.73 Å². The summed E-state index contributed by atoms with van der Waals surface area (Å²) < 4.78 is 0. The molecule has 0 spiro atoms. The van der Waals surface area contributed by atoms with E-state index in [0.717, 1.165) is 18.8 Å². The summed E-state index contributed by atoms with van der Waals surface area (Å²) in [5.74, 6) is 0.825. The molecule has 1 saturated carbocycles. The average molecular weight is 253 g/mol. The van der Waals surface area contributed by atoms with Crippen LogP contribution in [0.1, 0.15) is 44.6 Å². The highest BCUT2D eigenvalue weighted by atomic mass is 14.7. The minimum atomic E-state index is -0.116. The van der Waals surface area contributed by atoms with Crippen LogP contribution in [0, 0.1) is 5.92 Å². The first-order valence-electron chi connectivity index (χ1n) is 7.46. The van der Waals surface area contributed by atoms with Gasteiger partial charge in [0.25, 0.3) is 0 Å². The Morgan fingerprint density at radius 2 is 1.79 bits per heavy atom. The summed E-state index contributed by atoms with van der Waals surface area (Å²) in [6, 6.07) is 15.3. The van der Waals surface area contributed by atoms with Crippen molar-refractivity contribution in [1.29, 1.82) is 0 Å². The lowest BCUT2D eigenvalue weighted by atomic mass is 9.83. The van der Waals surface area contributed by atoms with Crippen LogP contribution >= 0.6 is 0 Å². The molecule has 2 aromatic rings. The molecule has 2 N–H and O–H groups in total. The Morgan fingerprint density at radius 1 is 1.00 bits per heavy atom. The van der Waals surface area contributed by atoms with Crippen molar-refractivity contribution in [1.82, 2.24) is 0 Å².